The maximum Gasteiger partial charge on any atom is 0.305 e. The summed E-state index contributed by atoms with van der Waals surface area (Å²) in [4.78, 5) is 11.0. The van der Waals surface area contributed by atoms with Gasteiger partial charge in [-0.1, -0.05) is 24.3 Å². The van der Waals surface area contributed by atoms with Crippen LogP contribution >= 0.6 is 0 Å². The van der Waals surface area contributed by atoms with Crippen LogP contribution in [-0.4, -0.2) is 35.5 Å². The van der Waals surface area contributed by atoms with E-state index in [1.54, 1.807) is 12.2 Å². The molecule has 2 N–H and O–H groups in total. The fourth-order valence-corrected chi connectivity index (χ4v) is 2.26. The number of aliphatic hydroxyl groups excluding tert-OH is 2. The molecule has 0 radical (unpaired) electrons. The summed E-state index contributed by atoms with van der Waals surface area (Å²) in [5.41, 5.74) is 0. The minimum atomic E-state index is -0.599. The quantitative estimate of drug-likeness (QED) is 0.386. The Morgan fingerprint density at radius 3 is 2.90 bits per heavy atom. The molecular weight excluding hydrogens is 268 g/mol. The number of carbonyl (C=O) groups is 1. The van der Waals surface area contributed by atoms with Gasteiger partial charge in [0.25, 0.3) is 0 Å². The molecule has 4 heteroatoms. The van der Waals surface area contributed by atoms with Gasteiger partial charge in [0.05, 0.1) is 19.3 Å². The molecular formula is C17H24O4. The number of carbonyl (C=O) groups excluding carboxylic acids is 1. The maximum absolute atomic E-state index is 11.0. The molecule has 21 heavy (non-hydrogen) atoms. The largest absolute Gasteiger partial charge is 0.469 e. The molecule has 0 aliphatic heterocycles. The van der Waals surface area contributed by atoms with E-state index in [9.17, 15) is 15.0 Å². The third kappa shape index (κ3) is 7.12. The predicted octanol–water partition coefficient (Wildman–Crippen LogP) is 1.82. The standard InChI is InChI=1S/C17H24O4/c1-3-7-14(18)9-5-4-8-13-12-15(13)16(19)10-6-11-17(20)21-2/h1,4-5,8-9,13-16,18-19H,6-7,10-12H2,2H3/b8-4+,9-5+/t13-,14-,15+,16+/m1/s1. The van der Waals surface area contributed by atoms with Crippen molar-refractivity contribution in [3.8, 4) is 12.3 Å². The minimum Gasteiger partial charge on any atom is -0.469 e. The number of hydrogen-bond acceptors (Lipinski definition) is 4. The third-order valence-corrected chi connectivity index (χ3v) is 3.62. The summed E-state index contributed by atoms with van der Waals surface area (Å²) in [5, 5.41) is 19.4. The lowest BCUT2D eigenvalue weighted by molar-refractivity contribution is -0.140. The van der Waals surface area contributed by atoms with Crippen LogP contribution in [0.4, 0.5) is 0 Å². The highest BCUT2D eigenvalue weighted by Crippen LogP contribution is 2.43. The Morgan fingerprint density at radius 1 is 1.48 bits per heavy atom. The first kappa shape index (κ1) is 17.5. The van der Waals surface area contributed by atoms with Crippen molar-refractivity contribution in [1.82, 2.24) is 0 Å². The summed E-state index contributed by atoms with van der Waals surface area (Å²) < 4.78 is 4.56. The highest BCUT2D eigenvalue weighted by Gasteiger charge is 2.39. The molecule has 0 unspecified atom stereocenters. The van der Waals surface area contributed by atoms with Crippen LogP contribution in [0.3, 0.4) is 0 Å². The first-order chi connectivity index (χ1) is 10.1. The van der Waals surface area contributed by atoms with Gasteiger partial charge in [0.2, 0.25) is 0 Å². The van der Waals surface area contributed by atoms with Crippen molar-refractivity contribution >= 4 is 5.97 Å². The van der Waals surface area contributed by atoms with Gasteiger partial charge in [-0.15, -0.1) is 12.3 Å². The Morgan fingerprint density at radius 2 is 2.24 bits per heavy atom. The second kappa shape index (κ2) is 9.38. The fraction of sp³-hybridized carbons (Fsp3) is 0.588. The van der Waals surface area contributed by atoms with Gasteiger partial charge >= 0.3 is 5.97 Å². The zero-order chi connectivity index (χ0) is 15.7. The van der Waals surface area contributed by atoms with E-state index in [0.29, 0.717) is 31.6 Å². The molecule has 0 aromatic heterocycles. The van der Waals surface area contributed by atoms with Crippen molar-refractivity contribution in [2.24, 2.45) is 11.8 Å². The van der Waals surface area contributed by atoms with Gasteiger partial charge in [-0.25, -0.2) is 0 Å². The van der Waals surface area contributed by atoms with Gasteiger partial charge < -0.3 is 14.9 Å². The molecule has 0 aromatic carbocycles. The van der Waals surface area contributed by atoms with Crippen LogP contribution in [0, 0.1) is 24.2 Å². The zero-order valence-corrected chi connectivity index (χ0v) is 12.4. The number of rotatable bonds is 9. The number of hydrogen-bond donors (Lipinski definition) is 2. The highest BCUT2D eigenvalue weighted by atomic mass is 16.5. The van der Waals surface area contributed by atoms with Gasteiger partial charge in [0.1, 0.15) is 0 Å². The van der Waals surface area contributed by atoms with E-state index in [4.69, 9.17) is 6.42 Å². The second-order valence-electron chi connectivity index (χ2n) is 5.34. The molecule has 1 aliphatic rings. The van der Waals surface area contributed by atoms with Crippen LogP contribution in [0.25, 0.3) is 0 Å². The molecule has 1 aliphatic carbocycles. The van der Waals surface area contributed by atoms with E-state index in [0.717, 1.165) is 6.42 Å². The number of ether oxygens (including phenoxy) is 1. The van der Waals surface area contributed by atoms with Crippen molar-refractivity contribution in [2.45, 2.75) is 44.3 Å². The SMILES string of the molecule is C#CC[C@@H](O)/C=C/C=C/[C@@H]1C[C@@H]1[C@@H](O)CCCC(=O)OC. The Kier molecular flexibility index (Phi) is 7.81. The lowest BCUT2D eigenvalue weighted by Crippen LogP contribution is -2.11. The van der Waals surface area contributed by atoms with Crippen LogP contribution in [0.5, 0.6) is 0 Å². The fourth-order valence-electron chi connectivity index (χ4n) is 2.26. The summed E-state index contributed by atoms with van der Waals surface area (Å²) in [6.45, 7) is 0. The monoisotopic (exact) mass is 292 g/mol. The van der Waals surface area contributed by atoms with E-state index in [1.165, 1.54) is 7.11 Å². The molecule has 4 atom stereocenters. The van der Waals surface area contributed by atoms with Crippen molar-refractivity contribution in [2.75, 3.05) is 7.11 Å². The average Bonchev–Trinajstić information content (AvgIpc) is 3.23. The molecule has 1 rings (SSSR count). The molecule has 1 saturated carbocycles. The Hall–Kier alpha value is -1.57. The number of aliphatic hydroxyl groups is 2. The van der Waals surface area contributed by atoms with Gasteiger partial charge in [0, 0.05) is 12.8 Å². The maximum atomic E-state index is 11.0. The molecule has 1 fully saturated rings. The number of methoxy groups -OCH3 is 1. The smallest absolute Gasteiger partial charge is 0.305 e. The summed E-state index contributed by atoms with van der Waals surface area (Å²) >= 11 is 0. The Labute approximate surface area is 126 Å². The second-order valence-corrected chi connectivity index (χ2v) is 5.34. The Balaban J connectivity index is 2.18. The predicted molar refractivity (Wildman–Crippen MR) is 81.2 cm³/mol. The molecule has 0 bridgehead atoms. The van der Waals surface area contributed by atoms with E-state index >= 15 is 0 Å². The van der Waals surface area contributed by atoms with Crippen LogP contribution in [0.1, 0.15) is 32.1 Å². The van der Waals surface area contributed by atoms with Gasteiger partial charge in [-0.2, -0.15) is 0 Å². The van der Waals surface area contributed by atoms with Gasteiger partial charge in [0.15, 0.2) is 0 Å². The van der Waals surface area contributed by atoms with E-state index < -0.39 is 6.10 Å². The summed E-state index contributed by atoms with van der Waals surface area (Å²) in [6, 6.07) is 0. The molecule has 0 heterocycles. The molecule has 0 saturated heterocycles. The van der Waals surface area contributed by atoms with Crippen LogP contribution < -0.4 is 0 Å². The first-order valence-corrected chi connectivity index (χ1v) is 7.30. The van der Waals surface area contributed by atoms with Crippen LogP contribution in [-0.2, 0) is 9.53 Å². The normalized spacial score (nSPS) is 23.9. The van der Waals surface area contributed by atoms with E-state index in [-0.39, 0.29) is 18.0 Å². The van der Waals surface area contributed by atoms with Crippen molar-refractivity contribution in [1.29, 1.82) is 0 Å². The number of esters is 1. The molecule has 0 amide bonds. The summed E-state index contributed by atoms with van der Waals surface area (Å²) in [5.74, 6) is 2.82. The van der Waals surface area contributed by atoms with Crippen molar-refractivity contribution in [3.63, 3.8) is 0 Å². The van der Waals surface area contributed by atoms with Crippen molar-refractivity contribution < 1.29 is 19.7 Å². The lowest BCUT2D eigenvalue weighted by atomic mass is 10.1. The Bertz CT molecular complexity index is 419. The average molecular weight is 292 g/mol. The summed E-state index contributed by atoms with van der Waals surface area (Å²) in [6.07, 6.45) is 14.4. The molecule has 0 spiro atoms. The van der Waals surface area contributed by atoms with Crippen molar-refractivity contribution in [3.05, 3.63) is 24.3 Å². The number of terminal acetylenes is 1. The molecule has 116 valence electrons. The lowest BCUT2D eigenvalue weighted by Gasteiger charge is -2.08. The molecule has 0 aromatic rings. The van der Waals surface area contributed by atoms with Crippen LogP contribution in [0.15, 0.2) is 24.3 Å². The zero-order valence-electron chi connectivity index (χ0n) is 12.4. The first-order valence-electron chi connectivity index (χ1n) is 7.30. The molecule has 4 nitrogen and oxygen atoms in total. The third-order valence-electron chi connectivity index (χ3n) is 3.62. The van der Waals surface area contributed by atoms with E-state index in [1.807, 2.05) is 12.2 Å². The minimum absolute atomic E-state index is 0.231. The number of allylic oxidation sites excluding steroid dienone is 3. The summed E-state index contributed by atoms with van der Waals surface area (Å²) in [7, 11) is 1.37. The van der Waals surface area contributed by atoms with Crippen LogP contribution in [0.2, 0.25) is 0 Å². The highest BCUT2D eigenvalue weighted by molar-refractivity contribution is 5.68. The van der Waals surface area contributed by atoms with Gasteiger partial charge in [-0.3, -0.25) is 4.79 Å². The van der Waals surface area contributed by atoms with Gasteiger partial charge in [-0.05, 0) is 31.1 Å². The topological polar surface area (TPSA) is 66.8 Å². The van der Waals surface area contributed by atoms with E-state index in [2.05, 4.69) is 10.7 Å².